The van der Waals surface area contributed by atoms with Crippen molar-refractivity contribution in [3.63, 3.8) is 0 Å². The second-order valence-corrected chi connectivity index (χ2v) is 2.04. The van der Waals surface area contributed by atoms with Gasteiger partial charge in [-0.05, 0) is 6.07 Å². The third-order valence-corrected chi connectivity index (χ3v) is 1.08. The van der Waals surface area contributed by atoms with Crippen molar-refractivity contribution in [2.45, 2.75) is 6.92 Å². The summed E-state index contributed by atoms with van der Waals surface area (Å²) in [6.45, 7) is 1.32. The highest BCUT2D eigenvalue weighted by atomic mass is 19.1. The van der Waals surface area contributed by atoms with Crippen LogP contribution >= 0.6 is 0 Å². The van der Waals surface area contributed by atoms with Crippen LogP contribution in [0.5, 0.6) is 0 Å². The maximum absolute atomic E-state index is 12.7. The molecule has 1 rings (SSSR count). The van der Waals surface area contributed by atoms with Crippen LogP contribution in [0.4, 0.5) is 10.1 Å². The third-order valence-electron chi connectivity index (χ3n) is 1.08. The van der Waals surface area contributed by atoms with Gasteiger partial charge in [-0.3, -0.25) is 9.78 Å². The van der Waals surface area contributed by atoms with E-state index in [1.165, 1.54) is 19.2 Å². The summed E-state index contributed by atoms with van der Waals surface area (Å²) in [4.78, 5) is 14.0. The van der Waals surface area contributed by atoms with Crippen LogP contribution in [-0.2, 0) is 4.79 Å². The molecule has 1 heterocycles. The lowest BCUT2D eigenvalue weighted by Crippen LogP contribution is -2.07. The highest BCUT2D eigenvalue weighted by Crippen LogP contribution is 2.09. The molecule has 0 bridgehead atoms. The largest absolute Gasteiger partial charge is 0.324 e. The predicted molar refractivity (Wildman–Crippen MR) is 38.5 cm³/mol. The predicted octanol–water partition coefficient (Wildman–Crippen LogP) is 1.18. The molecular weight excluding hydrogens is 147 g/mol. The molecule has 0 aliphatic rings. The molecule has 1 amide bonds. The zero-order valence-electron chi connectivity index (χ0n) is 5.97. The summed E-state index contributed by atoms with van der Waals surface area (Å²) in [5.41, 5.74) is 0.160. The summed E-state index contributed by atoms with van der Waals surface area (Å²) in [5, 5.41) is 2.32. The molecule has 0 atom stereocenters. The number of nitrogens with zero attached hydrogens (tertiary/aromatic N) is 1. The van der Waals surface area contributed by atoms with Crippen molar-refractivity contribution < 1.29 is 9.18 Å². The zero-order valence-corrected chi connectivity index (χ0v) is 5.97. The lowest BCUT2D eigenvalue weighted by molar-refractivity contribution is -0.114. The highest BCUT2D eigenvalue weighted by Gasteiger charge is 2.00. The van der Waals surface area contributed by atoms with Crippen molar-refractivity contribution in [2.75, 3.05) is 5.32 Å². The van der Waals surface area contributed by atoms with Gasteiger partial charge in [0.05, 0.1) is 11.9 Å². The molecule has 0 aliphatic carbocycles. The van der Waals surface area contributed by atoms with Gasteiger partial charge in [-0.1, -0.05) is 0 Å². The number of pyridine rings is 1. The van der Waals surface area contributed by atoms with E-state index < -0.39 is 5.82 Å². The van der Waals surface area contributed by atoms with Gasteiger partial charge in [0.15, 0.2) is 5.82 Å². The van der Waals surface area contributed by atoms with Gasteiger partial charge in [-0.15, -0.1) is 0 Å². The van der Waals surface area contributed by atoms with E-state index in [1.54, 1.807) is 0 Å². The number of nitrogens with one attached hydrogen (secondary N) is 1. The molecule has 0 saturated carbocycles. The molecule has 0 aromatic carbocycles. The summed E-state index contributed by atoms with van der Waals surface area (Å²) in [6, 6.07) is 1.40. The van der Waals surface area contributed by atoms with Crippen LogP contribution in [0, 0.1) is 5.82 Å². The second kappa shape index (κ2) is 3.09. The summed E-state index contributed by atoms with van der Waals surface area (Å²) in [5.74, 6) is -0.821. The molecule has 1 N–H and O–H groups in total. The van der Waals surface area contributed by atoms with Gasteiger partial charge in [0, 0.05) is 13.1 Å². The first-order valence-electron chi connectivity index (χ1n) is 3.07. The standard InChI is InChI=1S/C7H7FN2O/c1-5(11)10-7-2-3-9-4-6(7)8/h2-4H,1H3,(H,9,10,11). The highest BCUT2D eigenvalue weighted by molar-refractivity contribution is 5.88. The molecule has 0 saturated heterocycles. The van der Waals surface area contributed by atoms with Crippen LogP contribution in [0.15, 0.2) is 18.5 Å². The van der Waals surface area contributed by atoms with E-state index in [9.17, 15) is 9.18 Å². The monoisotopic (exact) mass is 154 g/mol. The Morgan fingerprint density at radius 1 is 1.73 bits per heavy atom. The fourth-order valence-electron chi connectivity index (χ4n) is 0.666. The van der Waals surface area contributed by atoms with Gasteiger partial charge < -0.3 is 5.32 Å². The number of hydrogen-bond donors (Lipinski definition) is 1. The minimum absolute atomic E-state index is 0.160. The Morgan fingerprint density at radius 3 is 3.00 bits per heavy atom. The first kappa shape index (κ1) is 7.65. The van der Waals surface area contributed by atoms with Crippen LogP contribution in [0.3, 0.4) is 0 Å². The smallest absolute Gasteiger partial charge is 0.221 e. The number of anilines is 1. The second-order valence-electron chi connectivity index (χ2n) is 2.04. The SMILES string of the molecule is CC(=O)Nc1ccncc1F. The van der Waals surface area contributed by atoms with Crippen molar-refractivity contribution in [1.29, 1.82) is 0 Å². The van der Waals surface area contributed by atoms with Crippen molar-refractivity contribution in [3.05, 3.63) is 24.3 Å². The number of carbonyl (C=O) groups excluding carboxylic acids is 1. The molecule has 0 spiro atoms. The maximum Gasteiger partial charge on any atom is 0.221 e. The average molecular weight is 154 g/mol. The third kappa shape index (κ3) is 2.00. The molecule has 4 heteroatoms. The van der Waals surface area contributed by atoms with E-state index in [-0.39, 0.29) is 11.6 Å². The first-order chi connectivity index (χ1) is 5.20. The quantitative estimate of drug-likeness (QED) is 0.659. The number of amides is 1. The van der Waals surface area contributed by atoms with Crippen LogP contribution in [0.25, 0.3) is 0 Å². The molecule has 0 aliphatic heterocycles. The molecule has 3 nitrogen and oxygen atoms in total. The average Bonchev–Trinajstić information content (AvgIpc) is 1.93. The Balaban J connectivity index is 2.86. The van der Waals surface area contributed by atoms with Crippen LogP contribution < -0.4 is 5.32 Å². The van der Waals surface area contributed by atoms with Gasteiger partial charge in [-0.25, -0.2) is 4.39 Å². The first-order valence-corrected chi connectivity index (χ1v) is 3.07. The fourth-order valence-corrected chi connectivity index (χ4v) is 0.666. The van der Waals surface area contributed by atoms with Gasteiger partial charge in [0.25, 0.3) is 0 Å². The van der Waals surface area contributed by atoms with E-state index in [0.717, 1.165) is 6.20 Å². The minimum Gasteiger partial charge on any atom is -0.324 e. The molecule has 0 radical (unpaired) electrons. The molecule has 0 fully saturated rings. The molecule has 1 aromatic heterocycles. The van der Waals surface area contributed by atoms with Gasteiger partial charge in [0.2, 0.25) is 5.91 Å². The Kier molecular flexibility index (Phi) is 2.15. The molecule has 0 unspecified atom stereocenters. The normalized spacial score (nSPS) is 9.27. The molecule has 58 valence electrons. The van der Waals surface area contributed by atoms with Crippen molar-refractivity contribution in [2.24, 2.45) is 0 Å². The van der Waals surface area contributed by atoms with Crippen LogP contribution in [0.2, 0.25) is 0 Å². The Morgan fingerprint density at radius 2 is 2.45 bits per heavy atom. The lowest BCUT2D eigenvalue weighted by Gasteiger charge is -2.00. The van der Waals surface area contributed by atoms with Gasteiger partial charge in [0.1, 0.15) is 0 Å². The van der Waals surface area contributed by atoms with E-state index in [0.29, 0.717) is 0 Å². The number of rotatable bonds is 1. The van der Waals surface area contributed by atoms with E-state index in [2.05, 4.69) is 10.3 Å². The number of aromatic nitrogens is 1. The van der Waals surface area contributed by atoms with Gasteiger partial charge in [-0.2, -0.15) is 0 Å². The Bertz CT molecular complexity index is 275. The van der Waals surface area contributed by atoms with Crippen molar-refractivity contribution >= 4 is 11.6 Å². The van der Waals surface area contributed by atoms with Crippen LogP contribution in [-0.4, -0.2) is 10.9 Å². The Labute approximate surface area is 63.3 Å². The molecule has 1 aromatic rings. The van der Waals surface area contributed by atoms with E-state index in [1.807, 2.05) is 0 Å². The topological polar surface area (TPSA) is 42.0 Å². The Hall–Kier alpha value is -1.45. The van der Waals surface area contributed by atoms with Crippen LogP contribution in [0.1, 0.15) is 6.92 Å². The maximum atomic E-state index is 12.7. The lowest BCUT2D eigenvalue weighted by atomic mass is 10.4. The number of halogens is 1. The van der Waals surface area contributed by atoms with Crippen molar-refractivity contribution in [1.82, 2.24) is 4.98 Å². The molecule has 11 heavy (non-hydrogen) atoms. The van der Waals surface area contributed by atoms with Crippen molar-refractivity contribution in [3.8, 4) is 0 Å². The summed E-state index contributed by atoms with van der Waals surface area (Å²) in [7, 11) is 0. The van der Waals surface area contributed by atoms with E-state index >= 15 is 0 Å². The zero-order chi connectivity index (χ0) is 8.27. The van der Waals surface area contributed by atoms with Gasteiger partial charge >= 0.3 is 0 Å². The number of hydrogen-bond acceptors (Lipinski definition) is 2. The fraction of sp³-hybridized carbons (Fsp3) is 0.143. The summed E-state index contributed by atoms with van der Waals surface area (Å²) >= 11 is 0. The minimum atomic E-state index is -0.525. The van der Waals surface area contributed by atoms with E-state index in [4.69, 9.17) is 0 Å². The summed E-state index contributed by atoms with van der Waals surface area (Å²) < 4.78 is 12.7. The summed E-state index contributed by atoms with van der Waals surface area (Å²) in [6.07, 6.45) is 2.46. The number of carbonyl (C=O) groups is 1. The molecular formula is C7H7FN2O.